The van der Waals surface area contributed by atoms with Crippen molar-refractivity contribution in [2.45, 2.75) is 45.1 Å². The van der Waals surface area contributed by atoms with E-state index in [1.807, 2.05) is 6.92 Å². The Kier molecular flexibility index (Phi) is 4.22. The molecule has 1 fully saturated rings. The first-order valence-corrected chi connectivity index (χ1v) is 5.24. The fourth-order valence-corrected chi connectivity index (χ4v) is 1.42. The molecule has 1 atom stereocenters. The van der Waals surface area contributed by atoms with E-state index in [9.17, 15) is 4.79 Å². The second-order valence-corrected chi connectivity index (χ2v) is 3.97. The Bertz CT molecular complexity index is 166. The van der Waals surface area contributed by atoms with Crippen molar-refractivity contribution in [3.8, 4) is 0 Å². The highest BCUT2D eigenvalue weighted by atomic mass is 16.1. The van der Waals surface area contributed by atoms with Gasteiger partial charge in [0.1, 0.15) is 0 Å². The van der Waals surface area contributed by atoms with Crippen LogP contribution in [0.5, 0.6) is 0 Å². The Labute approximate surface area is 80.1 Å². The number of amides is 1. The third kappa shape index (κ3) is 3.77. The fourth-order valence-electron chi connectivity index (χ4n) is 1.42. The second kappa shape index (κ2) is 5.22. The minimum Gasteiger partial charge on any atom is -0.355 e. The van der Waals surface area contributed by atoms with Gasteiger partial charge in [0.2, 0.25) is 5.91 Å². The Balaban J connectivity index is 2.03. The van der Waals surface area contributed by atoms with Gasteiger partial charge in [-0.05, 0) is 25.2 Å². The molecule has 1 aliphatic carbocycles. The quantitative estimate of drug-likeness (QED) is 0.670. The number of nitrogens with two attached hydrogens (primary N) is 1. The van der Waals surface area contributed by atoms with Crippen molar-refractivity contribution >= 4 is 5.91 Å². The third-order valence-corrected chi connectivity index (χ3v) is 2.78. The molecule has 76 valence electrons. The van der Waals surface area contributed by atoms with Crippen LogP contribution >= 0.6 is 0 Å². The summed E-state index contributed by atoms with van der Waals surface area (Å²) in [6.07, 6.45) is 5.38. The molecule has 0 heterocycles. The molecule has 1 saturated carbocycles. The molecule has 0 aromatic rings. The van der Waals surface area contributed by atoms with Crippen LogP contribution in [-0.4, -0.2) is 18.5 Å². The van der Waals surface area contributed by atoms with Crippen molar-refractivity contribution < 1.29 is 4.79 Å². The molecule has 0 bridgehead atoms. The standard InChI is InChI=1S/C10H20N2O/c1-2-9(11)7-12-10(13)6-8-4-3-5-8/h8-9H,2-7,11H2,1H3,(H,12,13). The SMILES string of the molecule is CCC(N)CNC(=O)CC1CCC1. The maximum Gasteiger partial charge on any atom is 0.220 e. The third-order valence-electron chi connectivity index (χ3n) is 2.78. The van der Waals surface area contributed by atoms with Gasteiger partial charge in [0.25, 0.3) is 0 Å². The molecule has 1 aliphatic rings. The van der Waals surface area contributed by atoms with Crippen LogP contribution in [0.2, 0.25) is 0 Å². The average Bonchev–Trinajstić information content (AvgIpc) is 2.07. The normalized spacial score (nSPS) is 19.2. The Hall–Kier alpha value is -0.570. The smallest absolute Gasteiger partial charge is 0.220 e. The number of hydrogen-bond donors (Lipinski definition) is 2. The first-order valence-electron chi connectivity index (χ1n) is 5.24. The highest BCUT2D eigenvalue weighted by Crippen LogP contribution is 2.28. The van der Waals surface area contributed by atoms with E-state index in [4.69, 9.17) is 5.73 Å². The molecule has 0 radical (unpaired) electrons. The van der Waals surface area contributed by atoms with Crippen molar-refractivity contribution in [3.05, 3.63) is 0 Å². The lowest BCUT2D eigenvalue weighted by Gasteiger charge is -2.24. The zero-order chi connectivity index (χ0) is 9.68. The molecule has 0 spiro atoms. The van der Waals surface area contributed by atoms with Crippen molar-refractivity contribution in [1.29, 1.82) is 0 Å². The molecule has 0 saturated heterocycles. The van der Waals surface area contributed by atoms with Crippen LogP contribution in [0.1, 0.15) is 39.0 Å². The summed E-state index contributed by atoms with van der Waals surface area (Å²) in [6, 6.07) is 0.116. The van der Waals surface area contributed by atoms with Crippen LogP contribution in [0.3, 0.4) is 0 Å². The summed E-state index contributed by atoms with van der Waals surface area (Å²) in [5.74, 6) is 0.825. The van der Waals surface area contributed by atoms with Crippen LogP contribution in [-0.2, 0) is 4.79 Å². The number of carbonyl (C=O) groups is 1. The summed E-state index contributed by atoms with van der Waals surface area (Å²) in [4.78, 5) is 11.3. The summed E-state index contributed by atoms with van der Waals surface area (Å²) in [5, 5.41) is 2.87. The van der Waals surface area contributed by atoms with Gasteiger partial charge in [0, 0.05) is 19.0 Å². The van der Waals surface area contributed by atoms with Crippen molar-refractivity contribution in [1.82, 2.24) is 5.32 Å². The van der Waals surface area contributed by atoms with E-state index in [2.05, 4.69) is 5.32 Å². The van der Waals surface area contributed by atoms with Crippen LogP contribution in [0.4, 0.5) is 0 Å². The maximum atomic E-state index is 11.3. The average molecular weight is 184 g/mol. The first kappa shape index (κ1) is 10.5. The molecule has 0 aromatic heterocycles. The minimum absolute atomic E-state index is 0.116. The lowest BCUT2D eigenvalue weighted by Crippen LogP contribution is -2.37. The molecule has 13 heavy (non-hydrogen) atoms. The van der Waals surface area contributed by atoms with Crippen molar-refractivity contribution in [2.24, 2.45) is 11.7 Å². The zero-order valence-corrected chi connectivity index (χ0v) is 8.38. The molecular formula is C10H20N2O. The number of carbonyl (C=O) groups excluding carboxylic acids is 1. The minimum atomic E-state index is 0.116. The fraction of sp³-hybridized carbons (Fsp3) is 0.900. The topological polar surface area (TPSA) is 55.1 Å². The monoisotopic (exact) mass is 184 g/mol. The molecule has 1 rings (SSSR count). The highest BCUT2D eigenvalue weighted by Gasteiger charge is 2.20. The number of hydrogen-bond acceptors (Lipinski definition) is 2. The molecular weight excluding hydrogens is 164 g/mol. The summed E-state index contributed by atoms with van der Waals surface area (Å²) < 4.78 is 0. The predicted octanol–water partition coefficient (Wildman–Crippen LogP) is 1.03. The summed E-state index contributed by atoms with van der Waals surface area (Å²) >= 11 is 0. The van der Waals surface area contributed by atoms with E-state index < -0.39 is 0 Å². The Morgan fingerprint density at radius 2 is 2.31 bits per heavy atom. The van der Waals surface area contributed by atoms with Gasteiger partial charge in [0.15, 0.2) is 0 Å². The van der Waals surface area contributed by atoms with Crippen LogP contribution in [0.25, 0.3) is 0 Å². The lowest BCUT2D eigenvalue weighted by molar-refractivity contribution is -0.122. The van der Waals surface area contributed by atoms with E-state index in [0.717, 1.165) is 6.42 Å². The van der Waals surface area contributed by atoms with E-state index >= 15 is 0 Å². The van der Waals surface area contributed by atoms with Gasteiger partial charge in [-0.3, -0.25) is 4.79 Å². The molecule has 0 aliphatic heterocycles. The van der Waals surface area contributed by atoms with Gasteiger partial charge in [-0.25, -0.2) is 0 Å². The van der Waals surface area contributed by atoms with Gasteiger partial charge >= 0.3 is 0 Å². The summed E-state index contributed by atoms with van der Waals surface area (Å²) in [5.41, 5.74) is 5.68. The van der Waals surface area contributed by atoms with Crippen LogP contribution in [0, 0.1) is 5.92 Å². The number of rotatable bonds is 5. The summed E-state index contributed by atoms with van der Waals surface area (Å²) in [7, 11) is 0. The molecule has 0 aromatic carbocycles. The van der Waals surface area contributed by atoms with E-state index in [1.54, 1.807) is 0 Å². The molecule has 3 N–H and O–H groups in total. The largest absolute Gasteiger partial charge is 0.355 e. The Morgan fingerprint density at radius 3 is 2.77 bits per heavy atom. The maximum absolute atomic E-state index is 11.3. The molecule has 1 amide bonds. The van der Waals surface area contributed by atoms with E-state index in [-0.39, 0.29) is 11.9 Å². The van der Waals surface area contributed by atoms with Gasteiger partial charge in [-0.15, -0.1) is 0 Å². The van der Waals surface area contributed by atoms with Crippen molar-refractivity contribution in [2.75, 3.05) is 6.54 Å². The summed E-state index contributed by atoms with van der Waals surface area (Å²) in [6.45, 7) is 2.66. The molecule has 3 heteroatoms. The first-order chi connectivity index (χ1) is 6.22. The molecule has 3 nitrogen and oxygen atoms in total. The van der Waals surface area contributed by atoms with E-state index in [1.165, 1.54) is 19.3 Å². The second-order valence-electron chi connectivity index (χ2n) is 3.97. The predicted molar refractivity (Wildman–Crippen MR) is 53.2 cm³/mol. The zero-order valence-electron chi connectivity index (χ0n) is 8.38. The van der Waals surface area contributed by atoms with Crippen LogP contribution in [0.15, 0.2) is 0 Å². The Morgan fingerprint density at radius 1 is 1.62 bits per heavy atom. The van der Waals surface area contributed by atoms with Gasteiger partial charge in [0.05, 0.1) is 0 Å². The van der Waals surface area contributed by atoms with Gasteiger partial charge < -0.3 is 11.1 Å². The lowest BCUT2D eigenvalue weighted by atomic mass is 9.83. The number of nitrogens with one attached hydrogen (secondary N) is 1. The highest BCUT2D eigenvalue weighted by molar-refractivity contribution is 5.76. The van der Waals surface area contributed by atoms with Gasteiger partial charge in [-0.2, -0.15) is 0 Å². The van der Waals surface area contributed by atoms with Crippen LogP contribution < -0.4 is 11.1 Å². The van der Waals surface area contributed by atoms with Crippen molar-refractivity contribution in [3.63, 3.8) is 0 Å². The molecule has 1 unspecified atom stereocenters. The van der Waals surface area contributed by atoms with E-state index in [0.29, 0.717) is 18.9 Å². The van der Waals surface area contributed by atoms with Gasteiger partial charge in [-0.1, -0.05) is 13.3 Å².